The molecule has 3 heterocycles. The zero-order valence-electron chi connectivity index (χ0n) is 25.4. The number of benzene rings is 1. The van der Waals surface area contributed by atoms with E-state index in [1.54, 1.807) is 16.4 Å². The summed E-state index contributed by atoms with van der Waals surface area (Å²) in [6.45, 7) is 10.7. The molecule has 3 aliphatic heterocycles. The van der Waals surface area contributed by atoms with Crippen molar-refractivity contribution in [3.8, 4) is 0 Å². The van der Waals surface area contributed by atoms with Gasteiger partial charge in [0.05, 0.1) is 22.1 Å². The van der Waals surface area contributed by atoms with E-state index in [2.05, 4.69) is 35.3 Å². The van der Waals surface area contributed by atoms with Gasteiger partial charge in [-0.15, -0.1) is 0 Å². The monoisotopic (exact) mass is 595 g/mol. The maximum Gasteiger partial charge on any atom is 0.243 e. The topological polar surface area (TPSA) is 101 Å². The third-order valence-corrected chi connectivity index (χ3v) is 10.5. The number of rotatable bonds is 8. The Kier molecular flexibility index (Phi) is 9.31. The number of piperazine rings is 1. The van der Waals surface area contributed by atoms with Crippen LogP contribution in [0.15, 0.2) is 63.1 Å². The van der Waals surface area contributed by atoms with Crippen LogP contribution in [0, 0.1) is 5.41 Å². The Hall–Kier alpha value is -2.86. The summed E-state index contributed by atoms with van der Waals surface area (Å²) in [5, 5.41) is 3.34. The normalized spacial score (nSPS) is 25.8. The van der Waals surface area contributed by atoms with Crippen LogP contribution < -0.4 is 5.32 Å². The number of carbonyl (C=O) groups is 1. The molecule has 228 valence electrons. The van der Waals surface area contributed by atoms with Gasteiger partial charge < -0.3 is 15.1 Å². The van der Waals surface area contributed by atoms with Crippen LogP contribution in [0.25, 0.3) is 0 Å². The number of carbonyl (C=O) groups excluding carboxylic acids is 1. The van der Waals surface area contributed by atoms with E-state index in [1.165, 1.54) is 0 Å². The van der Waals surface area contributed by atoms with Crippen LogP contribution in [0.4, 0.5) is 0 Å². The molecule has 2 unspecified atom stereocenters. The molecule has 2 atom stereocenters. The van der Waals surface area contributed by atoms with Crippen molar-refractivity contribution < 1.29 is 13.2 Å². The summed E-state index contributed by atoms with van der Waals surface area (Å²) in [6, 6.07) is 7.09. The number of nitrogens with zero attached hydrogens (tertiary/aromatic N) is 6. The van der Waals surface area contributed by atoms with E-state index in [-0.39, 0.29) is 11.9 Å². The van der Waals surface area contributed by atoms with Crippen LogP contribution >= 0.6 is 0 Å². The van der Waals surface area contributed by atoms with Crippen molar-refractivity contribution in [2.45, 2.75) is 50.5 Å². The van der Waals surface area contributed by atoms with Gasteiger partial charge in [-0.25, -0.2) is 18.4 Å². The molecule has 0 aromatic heterocycles. The number of sulfonamides is 1. The second-order valence-corrected chi connectivity index (χ2v) is 14.3. The average molecular weight is 596 g/mol. The number of amides is 1. The second-order valence-electron chi connectivity index (χ2n) is 12.4. The van der Waals surface area contributed by atoms with Crippen LogP contribution in [0.3, 0.4) is 0 Å². The summed E-state index contributed by atoms with van der Waals surface area (Å²) < 4.78 is 27.4. The number of hydrogen-bond donors (Lipinski definition) is 1. The number of guanidine groups is 1. The van der Waals surface area contributed by atoms with Gasteiger partial charge in [-0.2, -0.15) is 4.31 Å². The summed E-state index contributed by atoms with van der Waals surface area (Å²) in [4.78, 5) is 29.9. The van der Waals surface area contributed by atoms with Crippen LogP contribution in [0.5, 0.6) is 0 Å². The average Bonchev–Trinajstić information content (AvgIpc) is 3.53. The third-order valence-electron chi connectivity index (χ3n) is 8.61. The molecule has 11 heteroatoms. The molecule has 1 amide bonds. The zero-order chi connectivity index (χ0) is 29.9. The summed E-state index contributed by atoms with van der Waals surface area (Å²) >= 11 is 0. The molecule has 0 bridgehead atoms. The largest absolute Gasteiger partial charge is 0.339 e. The van der Waals surface area contributed by atoms with Crippen LogP contribution in [-0.2, 0) is 14.8 Å². The third kappa shape index (κ3) is 7.02. The minimum Gasteiger partial charge on any atom is -0.339 e. The highest BCUT2D eigenvalue weighted by atomic mass is 32.2. The molecule has 1 aromatic rings. The maximum absolute atomic E-state index is 13.5. The van der Waals surface area contributed by atoms with Gasteiger partial charge in [0.2, 0.25) is 21.9 Å². The molecule has 1 aliphatic carbocycles. The van der Waals surface area contributed by atoms with E-state index in [1.807, 2.05) is 43.0 Å². The number of aliphatic imine (C=N–C) groups is 2. The van der Waals surface area contributed by atoms with Crippen LogP contribution in [0.1, 0.15) is 45.1 Å². The predicted molar refractivity (Wildman–Crippen MR) is 167 cm³/mol. The smallest absolute Gasteiger partial charge is 0.243 e. The molecule has 1 N–H and O–H groups in total. The van der Waals surface area contributed by atoms with Gasteiger partial charge >= 0.3 is 0 Å². The molecule has 2 saturated heterocycles. The first-order valence-corrected chi connectivity index (χ1v) is 16.6. The number of hydrogen-bond acceptors (Lipinski definition) is 8. The van der Waals surface area contributed by atoms with E-state index in [9.17, 15) is 13.2 Å². The Morgan fingerprint density at radius 1 is 1.07 bits per heavy atom. The fourth-order valence-electron chi connectivity index (χ4n) is 5.87. The fourth-order valence-corrected chi connectivity index (χ4v) is 7.38. The molecule has 5 rings (SSSR count). The van der Waals surface area contributed by atoms with E-state index in [0.29, 0.717) is 36.8 Å². The molecule has 0 spiro atoms. The first-order chi connectivity index (χ1) is 20.0. The Balaban J connectivity index is 1.19. The maximum atomic E-state index is 13.5. The molecule has 0 saturated carbocycles. The fraction of sp³-hybridized carbons (Fsp3) is 0.581. The van der Waals surface area contributed by atoms with Crippen LogP contribution in [-0.4, -0.2) is 117 Å². The van der Waals surface area contributed by atoms with Crippen molar-refractivity contribution in [3.63, 3.8) is 0 Å². The first-order valence-electron chi connectivity index (χ1n) is 15.1. The molecule has 42 heavy (non-hydrogen) atoms. The first kappa shape index (κ1) is 30.6. The minimum absolute atomic E-state index is 0.0319. The van der Waals surface area contributed by atoms with Gasteiger partial charge in [0.15, 0.2) is 0 Å². The Morgan fingerprint density at radius 3 is 2.38 bits per heavy atom. The van der Waals surface area contributed by atoms with Gasteiger partial charge in [-0.1, -0.05) is 24.3 Å². The van der Waals surface area contributed by atoms with Crippen molar-refractivity contribution in [1.82, 2.24) is 24.3 Å². The summed E-state index contributed by atoms with van der Waals surface area (Å²) in [6.07, 6.45) is 9.14. The van der Waals surface area contributed by atoms with E-state index >= 15 is 0 Å². The minimum atomic E-state index is -3.45. The van der Waals surface area contributed by atoms with Gasteiger partial charge in [0.25, 0.3) is 0 Å². The van der Waals surface area contributed by atoms with Crippen molar-refractivity contribution in [3.05, 3.63) is 53.8 Å². The predicted octanol–water partition coefficient (Wildman–Crippen LogP) is 2.55. The Labute approximate surface area is 250 Å². The summed E-state index contributed by atoms with van der Waals surface area (Å²) in [5.74, 6) is 0.706. The van der Waals surface area contributed by atoms with Gasteiger partial charge in [0, 0.05) is 64.5 Å². The standard InChI is InChI=1S/C31H45N7O3S/c1-24-23-28(25-7-9-27(10-8-25)42(40,41)38-15-5-6-16-38)34-30(32-24)33-26-11-13-31(2,14-12-26)29(39)37-21-19-36(20-22-37)18-17-35(3)4/h7-13,24H,5-6,14-23H2,1-4H3,(H,32,33). The lowest BCUT2D eigenvalue weighted by molar-refractivity contribution is -0.140. The number of likely N-dealkylation sites (N-methyl/N-ethyl adjacent to an activating group) is 1. The van der Waals surface area contributed by atoms with E-state index < -0.39 is 15.4 Å². The molecule has 1 aromatic carbocycles. The van der Waals surface area contributed by atoms with Gasteiger partial charge in [-0.05, 0) is 71.0 Å². The lowest BCUT2D eigenvalue weighted by atomic mass is 9.81. The van der Waals surface area contributed by atoms with Gasteiger partial charge in [0.1, 0.15) is 0 Å². The lowest BCUT2D eigenvalue weighted by Crippen LogP contribution is -2.53. The summed E-state index contributed by atoms with van der Waals surface area (Å²) in [7, 11) is 0.728. The molecule has 10 nitrogen and oxygen atoms in total. The highest BCUT2D eigenvalue weighted by Gasteiger charge is 2.36. The molecular weight excluding hydrogens is 550 g/mol. The zero-order valence-corrected chi connectivity index (χ0v) is 26.2. The molecule has 0 radical (unpaired) electrons. The van der Waals surface area contributed by atoms with E-state index in [0.717, 1.165) is 69.1 Å². The van der Waals surface area contributed by atoms with E-state index in [4.69, 9.17) is 9.98 Å². The van der Waals surface area contributed by atoms with Crippen LogP contribution in [0.2, 0.25) is 0 Å². The second kappa shape index (κ2) is 12.8. The summed E-state index contributed by atoms with van der Waals surface area (Å²) in [5.41, 5.74) is 2.07. The number of nitrogens with one attached hydrogen (secondary N) is 1. The lowest BCUT2D eigenvalue weighted by Gasteiger charge is -2.39. The van der Waals surface area contributed by atoms with Crippen molar-refractivity contribution in [2.75, 3.05) is 66.5 Å². The Bertz CT molecular complexity index is 1370. The highest BCUT2D eigenvalue weighted by molar-refractivity contribution is 7.89. The molecular formula is C31H45N7O3S. The quantitative estimate of drug-likeness (QED) is 0.496. The molecule has 2 fully saturated rings. The van der Waals surface area contributed by atoms with Gasteiger partial charge in [-0.3, -0.25) is 9.69 Å². The molecule has 4 aliphatic rings. The SMILES string of the molecule is CC1CC(c2ccc(S(=O)(=O)N3CCCC3)cc2)=NC(NC2=CCC(C)(C(=O)N3CCN(CCN(C)C)CC3)C=C2)=N1. The highest BCUT2D eigenvalue weighted by Crippen LogP contribution is 2.32. The van der Waals surface area contributed by atoms with Crippen molar-refractivity contribution in [1.29, 1.82) is 0 Å². The van der Waals surface area contributed by atoms with Crippen molar-refractivity contribution >= 4 is 27.6 Å². The Morgan fingerprint density at radius 2 is 1.76 bits per heavy atom. The van der Waals surface area contributed by atoms with Crippen molar-refractivity contribution in [2.24, 2.45) is 15.4 Å². The number of allylic oxidation sites excluding steroid dienone is 2.